The molecule has 0 fully saturated rings. The monoisotopic (exact) mass is 274 g/mol. The summed E-state index contributed by atoms with van der Waals surface area (Å²) in [6.07, 6.45) is 2.23. The van der Waals surface area contributed by atoms with E-state index in [4.69, 9.17) is 9.16 Å². The summed E-state index contributed by atoms with van der Waals surface area (Å²) in [5.41, 5.74) is 0. The minimum absolute atomic E-state index is 0.115. The van der Waals surface area contributed by atoms with Gasteiger partial charge >= 0.3 is 5.97 Å². The number of ether oxygens (including phenoxy) is 1. The molecule has 0 heterocycles. The summed E-state index contributed by atoms with van der Waals surface area (Å²) in [6.45, 7) is 15.4. The minimum atomic E-state index is -1.90. The van der Waals surface area contributed by atoms with Crippen LogP contribution in [0.1, 0.15) is 53.9 Å². The van der Waals surface area contributed by atoms with Crippen molar-refractivity contribution in [2.24, 2.45) is 0 Å². The molecule has 1 atom stereocenters. The quantitative estimate of drug-likeness (QED) is 0.398. The largest absolute Gasteiger partial charge is 0.464 e. The normalized spacial score (nSPS) is 14.4. The molecule has 0 bridgehead atoms. The maximum absolute atomic E-state index is 11.9. The lowest BCUT2D eigenvalue weighted by atomic mass is 10.2. The Labute approximate surface area is 113 Å². The van der Waals surface area contributed by atoms with Gasteiger partial charge in [-0.1, -0.05) is 41.0 Å². The molecule has 0 aliphatic carbocycles. The molecule has 0 radical (unpaired) electrons. The molecular weight excluding hydrogens is 244 g/mol. The predicted octanol–water partition coefficient (Wildman–Crippen LogP) is 4.13. The van der Waals surface area contributed by atoms with E-state index in [1.54, 1.807) is 0 Å². The van der Waals surface area contributed by atoms with Crippen LogP contribution >= 0.6 is 0 Å². The third-order valence-electron chi connectivity index (χ3n) is 3.62. The van der Waals surface area contributed by atoms with E-state index in [0.29, 0.717) is 13.0 Å². The number of rotatable bonds is 7. The van der Waals surface area contributed by atoms with Gasteiger partial charge in [0, 0.05) is 0 Å². The summed E-state index contributed by atoms with van der Waals surface area (Å²) in [7, 11) is -1.90. The second kappa shape index (κ2) is 7.29. The Morgan fingerprint density at radius 2 is 1.78 bits per heavy atom. The van der Waals surface area contributed by atoms with Gasteiger partial charge < -0.3 is 9.16 Å². The number of carbonyl (C=O) groups is 1. The first-order valence-corrected chi connectivity index (χ1v) is 9.91. The van der Waals surface area contributed by atoms with Gasteiger partial charge in [-0.25, -0.2) is 4.79 Å². The first kappa shape index (κ1) is 17.6. The number of carbonyl (C=O) groups excluding carboxylic acids is 1. The zero-order chi connectivity index (χ0) is 14.4. The van der Waals surface area contributed by atoms with Gasteiger partial charge in [0.15, 0.2) is 8.32 Å². The molecule has 0 aliphatic rings. The Hall–Kier alpha value is -0.353. The highest BCUT2D eigenvalue weighted by Crippen LogP contribution is 2.37. The Bertz CT molecular complexity index is 256. The van der Waals surface area contributed by atoms with Crippen LogP contribution in [0.2, 0.25) is 18.1 Å². The molecule has 4 heteroatoms. The van der Waals surface area contributed by atoms with Crippen LogP contribution in [0, 0.1) is 0 Å². The Morgan fingerprint density at radius 1 is 1.22 bits per heavy atom. The van der Waals surface area contributed by atoms with Crippen LogP contribution in [-0.4, -0.2) is 27.0 Å². The number of hydrogen-bond donors (Lipinski definition) is 0. The Morgan fingerprint density at radius 3 is 2.17 bits per heavy atom. The number of unbranched alkanes of at least 4 members (excludes halogenated alkanes) is 1. The van der Waals surface area contributed by atoms with Gasteiger partial charge in [0.2, 0.25) is 0 Å². The van der Waals surface area contributed by atoms with E-state index in [0.717, 1.165) is 12.8 Å². The fourth-order valence-corrected chi connectivity index (χ4v) is 2.57. The van der Waals surface area contributed by atoms with Crippen LogP contribution in [0.15, 0.2) is 0 Å². The van der Waals surface area contributed by atoms with Gasteiger partial charge in [-0.2, -0.15) is 0 Å². The van der Waals surface area contributed by atoms with E-state index >= 15 is 0 Å². The number of esters is 1. The summed E-state index contributed by atoms with van der Waals surface area (Å²) in [6, 6.07) is 0. The maximum atomic E-state index is 11.9. The van der Waals surface area contributed by atoms with Gasteiger partial charge in [0.1, 0.15) is 6.10 Å². The van der Waals surface area contributed by atoms with Crippen LogP contribution in [0.3, 0.4) is 0 Å². The summed E-state index contributed by atoms with van der Waals surface area (Å²) in [4.78, 5) is 11.9. The van der Waals surface area contributed by atoms with Crippen molar-refractivity contribution in [2.75, 3.05) is 6.61 Å². The van der Waals surface area contributed by atoms with E-state index in [-0.39, 0.29) is 11.0 Å². The molecule has 0 aliphatic heterocycles. The second-order valence-electron chi connectivity index (χ2n) is 6.30. The molecule has 0 aromatic carbocycles. The fraction of sp³-hybridized carbons (Fsp3) is 0.929. The lowest BCUT2D eigenvalue weighted by molar-refractivity contribution is -0.152. The van der Waals surface area contributed by atoms with Gasteiger partial charge in [-0.3, -0.25) is 0 Å². The van der Waals surface area contributed by atoms with E-state index in [1.807, 2.05) is 6.92 Å². The molecular formula is C14H30O3Si. The van der Waals surface area contributed by atoms with Crippen molar-refractivity contribution in [3.8, 4) is 0 Å². The molecule has 1 unspecified atom stereocenters. The van der Waals surface area contributed by atoms with Crippen molar-refractivity contribution < 1.29 is 14.0 Å². The molecule has 0 rings (SSSR count). The molecule has 3 nitrogen and oxygen atoms in total. The molecule has 0 aromatic heterocycles. The SMILES string of the molecule is CCCCOC(=O)C(CC)O[Si](C)(C)C(C)(C)C. The first-order valence-electron chi connectivity index (χ1n) is 7.00. The zero-order valence-corrected chi connectivity index (χ0v) is 14.1. The van der Waals surface area contributed by atoms with E-state index in [9.17, 15) is 4.79 Å². The smallest absolute Gasteiger partial charge is 0.333 e. The van der Waals surface area contributed by atoms with E-state index < -0.39 is 14.4 Å². The topological polar surface area (TPSA) is 35.5 Å². The zero-order valence-electron chi connectivity index (χ0n) is 13.1. The summed E-state index contributed by atoms with van der Waals surface area (Å²) in [5, 5.41) is 0.115. The molecule has 0 amide bonds. The molecule has 108 valence electrons. The fourth-order valence-electron chi connectivity index (χ4n) is 1.24. The van der Waals surface area contributed by atoms with Gasteiger partial charge in [-0.05, 0) is 31.0 Å². The molecule has 0 saturated heterocycles. The van der Waals surface area contributed by atoms with Gasteiger partial charge in [0.25, 0.3) is 0 Å². The van der Waals surface area contributed by atoms with Gasteiger partial charge in [-0.15, -0.1) is 0 Å². The van der Waals surface area contributed by atoms with E-state index in [2.05, 4.69) is 40.8 Å². The van der Waals surface area contributed by atoms with Crippen molar-refractivity contribution in [3.05, 3.63) is 0 Å². The summed E-state index contributed by atoms with van der Waals surface area (Å²) >= 11 is 0. The first-order chi connectivity index (χ1) is 8.15. The Balaban J connectivity index is 4.47. The van der Waals surface area contributed by atoms with Crippen LogP contribution in [0.5, 0.6) is 0 Å². The molecule has 18 heavy (non-hydrogen) atoms. The standard InChI is InChI=1S/C14H30O3Si/c1-8-10-11-16-13(15)12(9-2)17-18(6,7)14(3,4)5/h12H,8-11H2,1-7H3. The highest BCUT2D eigenvalue weighted by molar-refractivity contribution is 6.74. The molecule has 0 aromatic rings. The van der Waals surface area contributed by atoms with Gasteiger partial charge in [0.05, 0.1) is 6.61 Å². The van der Waals surface area contributed by atoms with Crippen LogP contribution < -0.4 is 0 Å². The molecule has 0 N–H and O–H groups in total. The summed E-state index contributed by atoms with van der Waals surface area (Å²) < 4.78 is 11.4. The Kier molecular flexibility index (Phi) is 7.15. The minimum Gasteiger partial charge on any atom is -0.464 e. The highest BCUT2D eigenvalue weighted by atomic mass is 28.4. The van der Waals surface area contributed by atoms with Crippen molar-refractivity contribution in [1.29, 1.82) is 0 Å². The van der Waals surface area contributed by atoms with Crippen molar-refractivity contribution in [3.63, 3.8) is 0 Å². The van der Waals surface area contributed by atoms with Crippen LogP contribution in [-0.2, 0) is 14.0 Å². The maximum Gasteiger partial charge on any atom is 0.333 e. The molecule has 0 saturated carbocycles. The average molecular weight is 274 g/mol. The third kappa shape index (κ3) is 5.53. The van der Waals surface area contributed by atoms with Crippen LogP contribution in [0.25, 0.3) is 0 Å². The van der Waals surface area contributed by atoms with Crippen LogP contribution in [0.4, 0.5) is 0 Å². The van der Waals surface area contributed by atoms with Crippen molar-refractivity contribution >= 4 is 14.3 Å². The van der Waals surface area contributed by atoms with Crippen molar-refractivity contribution in [2.45, 2.75) is 78.1 Å². The third-order valence-corrected chi connectivity index (χ3v) is 8.11. The van der Waals surface area contributed by atoms with Crippen molar-refractivity contribution in [1.82, 2.24) is 0 Å². The molecule has 0 spiro atoms. The predicted molar refractivity (Wildman–Crippen MR) is 78.2 cm³/mol. The van der Waals surface area contributed by atoms with E-state index in [1.165, 1.54) is 0 Å². The second-order valence-corrected chi connectivity index (χ2v) is 11.1. The number of hydrogen-bond acceptors (Lipinski definition) is 3. The lowest BCUT2D eigenvalue weighted by Gasteiger charge is -2.38. The highest BCUT2D eigenvalue weighted by Gasteiger charge is 2.40. The lowest BCUT2D eigenvalue weighted by Crippen LogP contribution is -2.46. The average Bonchev–Trinajstić information content (AvgIpc) is 2.24. The summed E-state index contributed by atoms with van der Waals surface area (Å²) in [5.74, 6) is -0.198.